The fraction of sp³-hybridized carbons (Fsp3) is 0.875. The van der Waals surface area contributed by atoms with Gasteiger partial charge >= 0.3 is 0 Å². The number of hydrogen-bond donors (Lipinski definition) is 1. The van der Waals surface area contributed by atoms with E-state index < -0.39 is 0 Å². The van der Waals surface area contributed by atoms with Crippen LogP contribution in [0, 0.1) is 5.92 Å². The van der Waals surface area contributed by atoms with Crippen molar-refractivity contribution >= 4 is 5.78 Å². The summed E-state index contributed by atoms with van der Waals surface area (Å²) in [6.45, 7) is 3.22. The maximum Gasteiger partial charge on any atom is 0.154 e. The standard InChI is InChI=1S/C8H15NO2/c1-2-7(9)8(10)6-3-4-11-5-6/h6-7H,2-5,9H2,1H3. The van der Waals surface area contributed by atoms with Gasteiger partial charge in [0.15, 0.2) is 5.78 Å². The van der Waals surface area contributed by atoms with Crippen molar-refractivity contribution in [2.24, 2.45) is 11.7 Å². The van der Waals surface area contributed by atoms with Gasteiger partial charge in [-0.05, 0) is 12.8 Å². The van der Waals surface area contributed by atoms with E-state index in [4.69, 9.17) is 10.5 Å². The van der Waals surface area contributed by atoms with Crippen LogP contribution in [0.1, 0.15) is 19.8 Å². The molecule has 0 aromatic heterocycles. The van der Waals surface area contributed by atoms with E-state index in [0.717, 1.165) is 12.8 Å². The molecule has 1 aliphatic rings. The van der Waals surface area contributed by atoms with Gasteiger partial charge in [-0.25, -0.2) is 0 Å². The first-order valence-corrected chi connectivity index (χ1v) is 4.12. The number of rotatable bonds is 3. The van der Waals surface area contributed by atoms with E-state index in [1.807, 2.05) is 6.92 Å². The molecule has 0 amide bonds. The van der Waals surface area contributed by atoms with Gasteiger partial charge in [0.05, 0.1) is 12.6 Å². The lowest BCUT2D eigenvalue weighted by Gasteiger charge is -2.11. The molecule has 0 saturated carbocycles. The molecule has 2 N–H and O–H groups in total. The summed E-state index contributed by atoms with van der Waals surface area (Å²) in [6, 6.07) is -0.276. The van der Waals surface area contributed by atoms with Crippen LogP contribution in [0.2, 0.25) is 0 Å². The SMILES string of the molecule is CCC(N)C(=O)C1CCOC1. The first-order valence-electron chi connectivity index (χ1n) is 4.12. The van der Waals surface area contributed by atoms with Gasteiger partial charge in [-0.1, -0.05) is 6.92 Å². The Balaban J connectivity index is 2.39. The molecule has 0 aliphatic carbocycles. The lowest BCUT2D eigenvalue weighted by atomic mass is 9.97. The predicted octanol–water partition coefficient (Wildman–Crippen LogP) is 0.329. The molecule has 3 heteroatoms. The molecule has 2 atom stereocenters. The molecule has 0 radical (unpaired) electrons. The number of carbonyl (C=O) groups is 1. The van der Waals surface area contributed by atoms with Gasteiger partial charge in [0.1, 0.15) is 0 Å². The van der Waals surface area contributed by atoms with Crippen LogP contribution in [-0.4, -0.2) is 25.0 Å². The first-order chi connectivity index (χ1) is 5.25. The fourth-order valence-corrected chi connectivity index (χ4v) is 1.26. The fourth-order valence-electron chi connectivity index (χ4n) is 1.26. The Labute approximate surface area is 66.9 Å². The van der Waals surface area contributed by atoms with E-state index >= 15 is 0 Å². The monoisotopic (exact) mass is 157 g/mol. The molecule has 0 aromatic carbocycles. The molecule has 64 valence electrons. The van der Waals surface area contributed by atoms with Crippen LogP contribution in [0.25, 0.3) is 0 Å². The van der Waals surface area contributed by atoms with Crippen LogP contribution in [-0.2, 0) is 9.53 Å². The molecule has 1 heterocycles. The zero-order valence-corrected chi connectivity index (χ0v) is 6.88. The smallest absolute Gasteiger partial charge is 0.154 e. The van der Waals surface area contributed by atoms with Crippen LogP contribution in [0.15, 0.2) is 0 Å². The van der Waals surface area contributed by atoms with E-state index in [1.54, 1.807) is 0 Å². The molecule has 1 rings (SSSR count). The van der Waals surface area contributed by atoms with Crippen molar-refractivity contribution in [2.45, 2.75) is 25.8 Å². The summed E-state index contributed by atoms with van der Waals surface area (Å²) in [7, 11) is 0. The number of Topliss-reactive ketones (excluding diaryl/α,β-unsaturated/α-hetero) is 1. The zero-order valence-electron chi connectivity index (χ0n) is 6.88. The van der Waals surface area contributed by atoms with Crippen molar-refractivity contribution in [1.29, 1.82) is 0 Å². The summed E-state index contributed by atoms with van der Waals surface area (Å²) < 4.78 is 5.10. The summed E-state index contributed by atoms with van der Waals surface area (Å²) in [5, 5.41) is 0. The van der Waals surface area contributed by atoms with E-state index in [-0.39, 0.29) is 17.7 Å². The summed E-state index contributed by atoms with van der Waals surface area (Å²) in [6.07, 6.45) is 1.59. The zero-order chi connectivity index (χ0) is 8.27. The van der Waals surface area contributed by atoms with Crippen LogP contribution in [0.5, 0.6) is 0 Å². The summed E-state index contributed by atoms with van der Waals surface area (Å²) in [5.41, 5.74) is 5.59. The second-order valence-corrected chi connectivity index (χ2v) is 2.98. The number of ether oxygens (including phenoxy) is 1. The molecule has 0 spiro atoms. The highest BCUT2D eigenvalue weighted by Gasteiger charge is 2.26. The van der Waals surface area contributed by atoms with Crippen molar-refractivity contribution in [3.8, 4) is 0 Å². The molecule has 11 heavy (non-hydrogen) atoms. The van der Waals surface area contributed by atoms with Gasteiger partial charge in [0.25, 0.3) is 0 Å². The van der Waals surface area contributed by atoms with E-state index in [0.29, 0.717) is 13.2 Å². The quantitative estimate of drug-likeness (QED) is 0.642. The van der Waals surface area contributed by atoms with Gasteiger partial charge in [-0.3, -0.25) is 4.79 Å². The average molecular weight is 157 g/mol. The second-order valence-electron chi connectivity index (χ2n) is 2.98. The maximum atomic E-state index is 11.4. The average Bonchev–Trinajstić information content (AvgIpc) is 2.53. The Hall–Kier alpha value is -0.410. The van der Waals surface area contributed by atoms with Crippen molar-refractivity contribution in [2.75, 3.05) is 13.2 Å². The molecule has 0 bridgehead atoms. The molecule has 2 unspecified atom stereocenters. The third-order valence-electron chi connectivity index (χ3n) is 2.14. The maximum absolute atomic E-state index is 11.4. The molecule has 0 aromatic rings. The Morgan fingerprint density at radius 1 is 1.82 bits per heavy atom. The molecule has 1 saturated heterocycles. The lowest BCUT2D eigenvalue weighted by molar-refractivity contribution is -0.124. The van der Waals surface area contributed by atoms with Gasteiger partial charge in [0.2, 0.25) is 0 Å². The number of carbonyl (C=O) groups excluding carboxylic acids is 1. The highest BCUT2D eigenvalue weighted by atomic mass is 16.5. The highest BCUT2D eigenvalue weighted by Crippen LogP contribution is 2.15. The van der Waals surface area contributed by atoms with Gasteiger partial charge in [0, 0.05) is 12.5 Å². The number of hydrogen-bond acceptors (Lipinski definition) is 3. The van der Waals surface area contributed by atoms with Crippen molar-refractivity contribution in [3.63, 3.8) is 0 Å². The molecule has 3 nitrogen and oxygen atoms in total. The summed E-state index contributed by atoms with van der Waals surface area (Å²) in [4.78, 5) is 11.4. The molecule has 1 fully saturated rings. The largest absolute Gasteiger partial charge is 0.381 e. The molecular formula is C8H15NO2. The first kappa shape index (κ1) is 8.68. The minimum Gasteiger partial charge on any atom is -0.381 e. The van der Waals surface area contributed by atoms with Crippen LogP contribution >= 0.6 is 0 Å². The van der Waals surface area contributed by atoms with E-state index in [1.165, 1.54) is 0 Å². The van der Waals surface area contributed by atoms with E-state index in [2.05, 4.69) is 0 Å². The van der Waals surface area contributed by atoms with Gasteiger partial charge in [-0.15, -0.1) is 0 Å². The normalized spacial score (nSPS) is 26.9. The van der Waals surface area contributed by atoms with Crippen molar-refractivity contribution < 1.29 is 9.53 Å². The minimum absolute atomic E-state index is 0.0740. The van der Waals surface area contributed by atoms with Gasteiger partial charge < -0.3 is 10.5 Å². The third-order valence-corrected chi connectivity index (χ3v) is 2.14. The van der Waals surface area contributed by atoms with E-state index in [9.17, 15) is 4.79 Å². The van der Waals surface area contributed by atoms with Gasteiger partial charge in [-0.2, -0.15) is 0 Å². The Morgan fingerprint density at radius 2 is 2.55 bits per heavy atom. The molecule has 1 aliphatic heterocycles. The van der Waals surface area contributed by atoms with Crippen LogP contribution in [0.3, 0.4) is 0 Å². The lowest BCUT2D eigenvalue weighted by Crippen LogP contribution is -2.35. The second kappa shape index (κ2) is 3.83. The minimum atomic E-state index is -0.276. The third kappa shape index (κ3) is 2.01. The highest BCUT2D eigenvalue weighted by molar-refractivity contribution is 5.86. The Kier molecular flexibility index (Phi) is 3.02. The van der Waals surface area contributed by atoms with Crippen molar-refractivity contribution in [1.82, 2.24) is 0 Å². The Bertz CT molecular complexity index is 141. The van der Waals surface area contributed by atoms with Crippen molar-refractivity contribution in [3.05, 3.63) is 0 Å². The summed E-state index contributed by atoms with van der Waals surface area (Å²) >= 11 is 0. The summed E-state index contributed by atoms with van der Waals surface area (Å²) in [5.74, 6) is 0.245. The molecular weight excluding hydrogens is 142 g/mol. The van der Waals surface area contributed by atoms with Crippen LogP contribution in [0.4, 0.5) is 0 Å². The Morgan fingerprint density at radius 3 is 3.00 bits per heavy atom. The number of ketones is 1. The number of nitrogens with two attached hydrogens (primary N) is 1. The predicted molar refractivity (Wildman–Crippen MR) is 42.2 cm³/mol. The topological polar surface area (TPSA) is 52.3 Å². The van der Waals surface area contributed by atoms with Crippen LogP contribution < -0.4 is 5.73 Å².